The third-order valence-electron chi connectivity index (χ3n) is 4.60. The second kappa shape index (κ2) is 6.52. The molecule has 4 rings (SSSR count). The summed E-state index contributed by atoms with van der Waals surface area (Å²) in [7, 11) is 0. The van der Waals surface area contributed by atoms with Gasteiger partial charge in [-0.3, -0.25) is 0 Å². The number of aromatic nitrogens is 1. The fraction of sp³-hybridized carbons (Fsp3) is 0.286. The summed E-state index contributed by atoms with van der Waals surface area (Å²) >= 11 is 0. The molecule has 2 heterocycles. The summed E-state index contributed by atoms with van der Waals surface area (Å²) in [5.41, 5.74) is 4.33. The van der Waals surface area contributed by atoms with Crippen molar-refractivity contribution in [3.8, 4) is 22.7 Å². The molecule has 1 aliphatic rings. The molecule has 0 saturated carbocycles. The van der Waals surface area contributed by atoms with Gasteiger partial charge < -0.3 is 9.32 Å². The maximum absolute atomic E-state index is 6.25. The Labute approximate surface area is 143 Å². The van der Waals surface area contributed by atoms with E-state index >= 15 is 0 Å². The number of anilines is 1. The van der Waals surface area contributed by atoms with Gasteiger partial charge in [0.2, 0.25) is 11.8 Å². The second-order valence-electron chi connectivity index (χ2n) is 6.45. The first-order valence-electron chi connectivity index (χ1n) is 8.69. The molecule has 2 aromatic carbocycles. The van der Waals surface area contributed by atoms with Crippen molar-refractivity contribution in [2.24, 2.45) is 0 Å². The number of hydrogen-bond donors (Lipinski definition) is 0. The predicted octanol–water partition coefficient (Wildman–Crippen LogP) is 5.31. The van der Waals surface area contributed by atoms with E-state index in [2.05, 4.69) is 60.4 Å². The SMILES string of the molecule is Cc1ccc(-c2nc(-c3ccccc3)c(N3CCCCC3)o2)cc1. The summed E-state index contributed by atoms with van der Waals surface area (Å²) in [6.45, 7) is 4.18. The molecule has 0 spiro atoms. The maximum Gasteiger partial charge on any atom is 0.229 e. The molecule has 24 heavy (non-hydrogen) atoms. The molecule has 0 atom stereocenters. The van der Waals surface area contributed by atoms with E-state index in [1.54, 1.807) is 0 Å². The van der Waals surface area contributed by atoms with Crippen LogP contribution in [0.4, 0.5) is 5.88 Å². The lowest BCUT2D eigenvalue weighted by molar-refractivity contribution is 0.505. The van der Waals surface area contributed by atoms with Crippen molar-refractivity contribution in [3.05, 3.63) is 60.2 Å². The molecule has 0 amide bonds. The zero-order chi connectivity index (χ0) is 16.4. The first-order chi connectivity index (χ1) is 11.8. The molecule has 3 heteroatoms. The van der Waals surface area contributed by atoms with Crippen molar-refractivity contribution in [1.82, 2.24) is 4.98 Å². The Bertz CT molecular complexity index is 800. The van der Waals surface area contributed by atoms with Crippen LogP contribution in [0.25, 0.3) is 22.7 Å². The third kappa shape index (κ3) is 2.94. The number of oxazole rings is 1. The van der Waals surface area contributed by atoms with Crippen LogP contribution in [-0.2, 0) is 0 Å². The molecule has 3 nitrogen and oxygen atoms in total. The van der Waals surface area contributed by atoms with E-state index in [9.17, 15) is 0 Å². The quantitative estimate of drug-likeness (QED) is 0.655. The summed E-state index contributed by atoms with van der Waals surface area (Å²) in [4.78, 5) is 7.19. The predicted molar refractivity (Wildman–Crippen MR) is 98.2 cm³/mol. The third-order valence-corrected chi connectivity index (χ3v) is 4.60. The van der Waals surface area contributed by atoms with Gasteiger partial charge in [-0.05, 0) is 38.3 Å². The normalized spacial score (nSPS) is 14.8. The van der Waals surface area contributed by atoms with Crippen LogP contribution in [-0.4, -0.2) is 18.1 Å². The van der Waals surface area contributed by atoms with Crippen LogP contribution < -0.4 is 4.90 Å². The van der Waals surface area contributed by atoms with Gasteiger partial charge in [0.1, 0.15) is 5.69 Å². The number of rotatable bonds is 3. The Kier molecular flexibility index (Phi) is 4.08. The molecule has 0 radical (unpaired) electrons. The smallest absolute Gasteiger partial charge is 0.229 e. The highest BCUT2D eigenvalue weighted by atomic mass is 16.4. The van der Waals surface area contributed by atoms with Crippen LogP contribution in [0.15, 0.2) is 59.0 Å². The number of hydrogen-bond acceptors (Lipinski definition) is 3. The van der Waals surface area contributed by atoms with Gasteiger partial charge in [0.15, 0.2) is 0 Å². The second-order valence-corrected chi connectivity index (χ2v) is 6.45. The average Bonchev–Trinajstić information content (AvgIpc) is 3.09. The van der Waals surface area contributed by atoms with Crippen molar-refractivity contribution in [2.75, 3.05) is 18.0 Å². The summed E-state index contributed by atoms with van der Waals surface area (Å²) in [6.07, 6.45) is 3.74. The highest BCUT2D eigenvalue weighted by Crippen LogP contribution is 2.36. The first kappa shape index (κ1) is 15.0. The summed E-state index contributed by atoms with van der Waals surface area (Å²) < 4.78 is 6.25. The van der Waals surface area contributed by atoms with Crippen molar-refractivity contribution in [3.63, 3.8) is 0 Å². The van der Waals surface area contributed by atoms with Crippen LogP contribution in [0.5, 0.6) is 0 Å². The van der Waals surface area contributed by atoms with Crippen LogP contribution in [0, 0.1) is 6.92 Å². The topological polar surface area (TPSA) is 29.3 Å². The van der Waals surface area contributed by atoms with E-state index in [4.69, 9.17) is 9.40 Å². The van der Waals surface area contributed by atoms with E-state index in [1.807, 2.05) is 6.07 Å². The molecule has 0 aliphatic carbocycles. The zero-order valence-corrected chi connectivity index (χ0v) is 14.0. The van der Waals surface area contributed by atoms with Crippen molar-refractivity contribution >= 4 is 5.88 Å². The summed E-state index contributed by atoms with van der Waals surface area (Å²) in [5.74, 6) is 1.62. The average molecular weight is 318 g/mol. The standard InChI is InChI=1S/C21H22N2O/c1-16-10-12-18(13-11-16)20-22-19(17-8-4-2-5-9-17)21(24-20)23-14-6-3-7-15-23/h2,4-5,8-13H,3,6-7,14-15H2,1H3. The molecular formula is C21H22N2O. The van der Waals surface area contributed by atoms with Crippen LogP contribution in [0.2, 0.25) is 0 Å². The minimum atomic E-state index is 0.703. The number of piperidine rings is 1. The fourth-order valence-electron chi connectivity index (χ4n) is 3.23. The number of nitrogens with zero attached hydrogens (tertiary/aromatic N) is 2. The summed E-state index contributed by atoms with van der Waals surface area (Å²) in [5, 5.41) is 0. The minimum absolute atomic E-state index is 0.703. The van der Waals surface area contributed by atoms with Crippen LogP contribution in [0.3, 0.4) is 0 Å². The molecule has 0 bridgehead atoms. The lowest BCUT2D eigenvalue weighted by Gasteiger charge is -2.26. The Balaban J connectivity index is 1.79. The molecule has 1 aliphatic heterocycles. The Morgan fingerprint density at radius 3 is 2.25 bits per heavy atom. The molecule has 1 fully saturated rings. The van der Waals surface area contributed by atoms with Gasteiger partial charge in [0.05, 0.1) is 0 Å². The Morgan fingerprint density at radius 1 is 0.833 bits per heavy atom. The van der Waals surface area contributed by atoms with Gasteiger partial charge in [-0.15, -0.1) is 0 Å². The highest BCUT2D eigenvalue weighted by molar-refractivity contribution is 5.74. The molecular weight excluding hydrogens is 296 g/mol. The van der Waals surface area contributed by atoms with Gasteiger partial charge in [-0.25, -0.2) is 4.98 Å². The van der Waals surface area contributed by atoms with E-state index in [0.29, 0.717) is 5.89 Å². The number of aryl methyl sites for hydroxylation is 1. The summed E-state index contributed by atoms with van der Waals surface area (Å²) in [6, 6.07) is 18.7. The largest absolute Gasteiger partial charge is 0.420 e. The van der Waals surface area contributed by atoms with Gasteiger partial charge in [-0.1, -0.05) is 48.0 Å². The van der Waals surface area contributed by atoms with Crippen molar-refractivity contribution in [2.45, 2.75) is 26.2 Å². The lowest BCUT2D eigenvalue weighted by Crippen LogP contribution is -2.29. The molecule has 0 unspecified atom stereocenters. The van der Waals surface area contributed by atoms with E-state index in [0.717, 1.165) is 35.8 Å². The molecule has 1 aromatic heterocycles. The Morgan fingerprint density at radius 2 is 1.54 bits per heavy atom. The highest BCUT2D eigenvalue weighted by Gasteiger charge is 2.22. The van der Waals surface area contributed by atoms with Gasteiger partial charge in [0.25, 0.3) is 0 Å². The van der Waals surface area contributed by atoms with Crippen molar-refractivity contribution in [1.29, 1.82) is 0 Å². The van der Waals surface area contributed by atoms with E-state index in [1.165, 1.54) is 24.8 Å². The van der Waals surface area contributed by atoms with Crippen molar-refractivity contribution < 1.29 is 4.42 Å². The first-order valence-corrected chi connectivity index (χ1v) is 8.69. The van der Waals surface area contributed by atoms with Gasteiger partial charge in [0, 0.05) is 24.2 Å². The minimum Gasteiger partial charge on any atom is -0.420 e. The van der Waals surface area contributed by atoms with Gasteiger partial charge in [-0.2, -0.15) is 0 Å². The monoisotopic (exact) mass is 318 g/mol. The fourth-order valence-corrected chi connectivity index (χ4v) is 3.23. The number of benzene rings is 2. The van der Waals surface area contributed by atoms with Gasteiger partial charge >= 0.3 is 0 Å². The lowest BCUT2D eigenvalue weighted by atomic mass is 10.1. The molecule has 0 N–H and O–H groups in total. The van der Waals surface area contributed by atoms with Crippen LogP contribution >= 0.6 is 0 Å². The Hall–Kier alpha value is -2.55. The molecule has 122 valence electrons. The van der Waals surface area contributed by atoms with E-state index < -0.39 is 0 Å². The van der Waals surface area contributed by atoms with Crippen LogP contribution in [0.1, 0.15) is 24.8 Å². The van der Waals surface area contributed by atoms with E-state index in [-0.39, 0.29) is 0 Å². The molecule has 3 aromatic rings. The molecule has 1 saturated heterocycles. The maximum atomic E-state index is 6.25. The zero-order valence-electron chi connectivity index (χ0n) is 14.0.